The van der Waals surface area contributed by atoms with Gasteiger partial charge in [0.2, 0.25) is 0 Å². The van der Waals surface area contributed by atoms with Gasteiger partial charge in [-0.2, -0.15) is 0 Å². The van der Waals surface area contributed by atoms with Crippen LogP contribution in [0.1, 0.15) is 31.0 Å². The predicted molar refractivity (Wildman–Crippen MR) is 137 cm³/mol. The number of hydrogen-bond acceptors (Lipinski definition) is 9. The van der Waals surface area contributed by atoms with Crippen LogP contribution in [0.25, 0.3) is 0 Å². The summed E-state index contributed by atoms with van der Waals surface area (Å²) in [5.41, 5.74) is 14.1. The quantitative estimate of drug-likeness (QED) is 0.514. The average molecular weight is 508 g/mol. The van der Waals surface area contributed by atoms with Gasteiger partial charge in [0.05, 0.1) is 23.9 Å². The van der Waals surface area contributed by atoms with Gasteiger partial charge in [-0.15, -0.1) is 0 Å². The lowest BCUT2D eigenvalue weighted by Gasteiger charge is -2.41. The summed E-state index contributed by atoms with van der Waals surface area (Å²) in [4.78, 5) is 20.5. The molecule has 0 aliphatic carbocycles. The van der Waals surface area contributed by atoms with E-state index in [1.165, 1.54) is 11.8 Å². The molecule has 4 N–H and O–H groups in total. The van der Waals surface area contributed by atoms with Crippen LogP contribution in [0.15, 0.2) is 52.9 Å². The zero-order valence-corrected chi connectivity index (χ0v) is 20.9. The molecule has 0 bridgehead atoms. The number of aromatic nitrogens is 4. The Kier molecular flexibility index (Phi) is 6.80. The van der Waals surface area contributed by atoms with E-state index in [0.717, 1.165) is 48.8 Å². The Hall–Kier alpha value is -2.90. The van der Waals surface area contributed by atoms with Gasteiger partial charge in [0.15, 0.2) is 5.82 Å². The molecule has 2 saturated heterocycles. The first-order chi connectivity index (χ1) is 16.9. The second-order valence-electron chi connectivity index (χ2n) is 8.87. The summed E-state index contributed by atoms with van der Waals surface area (Å²) in [5.74, 6) is 7.20. The minimum atomic E-state index is 0.0563. The minimum Gasteiger partial charge on any atom is -0.381 e. The molecule has 2 atom stereocenters. The highest BCUT2D eigenvalue weighted by Gasteiger charge is 2.47. The van der Waals surface area contributed by atoms with Crippen LogP contribution in [0.3, 0.4) is 0 Å². The van der Waals surface area contributed by atoms with Crippen LogP contribution >= 0.6 is 23.4 Å². The fraction of sp³-hybridized carbons (Fsp3) is 0.360. The molecule has 5 rings (SSSR count). The highest BCUT2D eigenvalue weighted by atomic mass is 35.5. The maximum Gasteiger partial charge on any atom is 0.158 e. The predicted octanol–water partition coefficient (Wildman–Crippen LogP) is 3.39. The third kappa shape index (κ3) is 4.93. The largest absolute Gasteiger partial charge is 0.381 e. The topological polar surface area (TPSA) is 116 Å². The van der Waals surface area contributed by atoms with Crippen LogP contribution in [0.2, 0.25) is 5.02 Å². The van der Waals surface area contributed by atoms with E-state index in [1.807, 2.05) is 18.2 Å². The van der Waals surface area contributed by atoms with Gasteiger partial charge in [-0.05, 0) is 43.9 Å². The first-order valence-electron chi connectivity index (χ1n) is 11.4. The zero-order chi connectivity index (χ0) is 24.4. The SMILES string of the molecule is C[C@@H]1OCC2(CCN(c3cnc(Sc4ccnc(C#Cc5ccncc5)c4Cl)c(N)n3)CC2)[C@@H]1N. The molecule has 2 aliphatic heterocycles. The van der Waals surface area contributed by atoms with Gasteiger partial charge >= 0.3 is 0 Å². The summed E-state index contributed by atoms with van der Waals surface area (Å²) in [6.45, 7) is 4.48. The number of hydrogen-bond donors (Lipinski definition) is 2. The molecule has 2 aliphatic rings. The summed E-state index contributed by atoms with van der Waals surface area (Å²) >= 11 is 7.94. The number of nitrogens with zero attached hydrogens (tertiary/aromatic N) is 5. The summed E-state index contributed by atoms with van der Waals surface area (Å²) in [6.07, 6.45) is 8.86. The van der Waals surface area contributed by atoms with E-state index < -0.39 is 0 Å². The van der Waals surface area contributed by atoms with Gasteiger partial charge in [0.25, 0.3) is 0 Å². The van der Waals surface area contributed by atoms with Crippen molar-refractivity contribution in [2.24, 2.45) is 11.1 Å². The van der Waals surface area contributed by atoms with Gasteiger partial charge in [-0.3, -0.25) is 4.98 Å². The van der Waals surface area contributed by atoms with E-state index in [1.54, 1.807) is 24.8 Å². The van der Waals surface area contributed by atoms with Crippen LogP contribution in [-0.2, 0) is 4.74 Å². The first-order valence-corrected chi connectivity index (χ1v) is 12.6. The molecule has 3 aromatic rings. The van der Waals surface area contributed by atoms with Crippen molar-refractivity contribution in [3.63, 3.8) is 0 Å². The Balaban J connectivity index is 1.28. The van der Waals surface area contributed by atoms with Crippen LogP contribution in [-0.4, -0.2) is 51.8 Å². The Morgan fingerprint density at radius 3 is 2.60 bits per heavy atom. The van der Waals surface area contributed by atoms with Crippen molar-refractivity contribution < 1.29 is 4.74 Å². The molecule has 35 heavy (non-hydrogen) atoms. The van der Waals surface area contributed by atoms with Gasteiger partial charge in [-0.1, -0.05) is 29.3 Å². The lowest BCUT2D eigenvalue weighted by atomic mass is 9.73. The number of halogens is 1. The number of anilines is 2. The molecule has 0 unspecified atom stereocenters. The summed E-state index contributed by atoms with van der Waals surface area (Å²) in [5, 5.41) is 1.04. The lowest BCUT2D eigenvalue weighted by Crippen LogP contribution is -2.50. The molecule has 10 heteroatoms. The van der Waals surface area contributed by atoms with Crippen molar-refractivity contribution in [3.05, 3.63) is 59.3 Å². The Labute approximate surface area is 213 Å². The van der Waals surface area contributed by atoms with Gasteiger partial charge in [0.1, 0.15) is 16.5 Å². The maximum absolute atomic E-state index is 6.60. The monoisotopic (exact) mass is 507 g/mol. The molecule has 8 nitrogen and oxygen atoms in total. The number of piperidine rings is 1. The van der Waals surface area contributed by atoms with E-state index in [2.05, 4.69) is 43.6 Å². The molecule has 180 valence electrons. The van der Waals surface area contributed by atoms with Crippen LogP contribution in [0, 0.1) is 17.3 Å². The fourth-order valence-corrected chi connectivity index (χ4v) is 5.58. The number of nitrogen functional groups attached to an aromatic ring is 1. The molecule has 0 radical (unpaired) electrons. The van der Waals surface area contributed by atoms with Crippen LogP contribution < -0.4 is 16.4 Å². The third-order valence-electron chi connectivity index (χ3n) is 6.75. The lowest BCUT2D eigenvalue weighted by molar-refractivity contribution is 0.0974. The van der Waals surface area contributed by atoms with Gasteiger partial charge < -0.3 is 21.1 Å². The molecule has 3 aromatic heterocycles. The maximum atomic E-state index is 6.60. The number of ether oxygens (including phenoxy) is 1. The van der Waals surface area contributed by atoms with Crippen LogP contribution in [0.4, 0.5) is 11.6 Å². The van der Waals surface area contributed by atoms with E-state index >= 15 is 0 Å². The number of pyridine rings is 2. The number of rotatable bonds is 3. The molecule has 2 fully saturated rings. The van der Waals surface area contributed by atoms with E-state index in [9.17, 15) is 0 Å². The second kappa shape index (κ2) is 9.99. The fourth-order valence-electron chi connectivity index (χ4n) is 4.53. The van der Waals surface area contributed by atoms with E-state index in [0.29, 0.717) is 21.6 Å². The van der Waals surface area contributed by atoms with Crippen molar-refractivity contribution >= 4 is 35.0 Å². The second-order valence-corrected chi connectivity index (χ2v) is 10.3. The van der Waals surface area contributed by atoms with Gasteiger partial charge in [-0.25, -0.2) is 15.0 Å². The van der Waals surface area contributed by atoms with Gasteiger partial charge in [0, 0.05) is 53.6 Å². The van der Waals surface area contributed by atoms with E-state index in [-0.39, 0.29) is 17.6 Å². The first kappa shape index (κ1) is 23.8. The van der Waals surface area contributed by atoms with Crippen molar-refractivity contribution in [2.45, 2.75) is 41.8 Å². The van der Waals surface area contributed by atoms with Crippen molar-refractivity contribution in [1.29, 1.82) is 0 Å². The molecule has 5 heterocycles. The standard InChI is InChI=1S/C25H26ClN7OS/c1-16-22(27)25(15-34-16)7-12-33(13-8-25)20-14-31-24(23(28)32-20)35-19-6-11-30-18(21(19)26)3-2-17-4-9-29-10-5-17/h4-6,9-11,14,16,22H,7-8,12-13,15,27H2,1H3,(H2,28,32)/t16-,22+/m0/s1. The molecule has 0 saturated carbocycles. The molecule has 0 amide bonds. The third-order valence-corrected chi connectivity index (χ3v) is 8.31. The summed E-state index contributed by atoms with van der Waals surface area (Å²) < 4.78 is 5.83. The van der Waals surface area contributed by atoms with Crippen molar-refractivity contribution in [3.8, 4) is 11.8 Å². The summed E-state index contributed by atoms with van der Waals surface area (Å²) in [6, 6.07) is 5.55. The average Bonchev–Trinajstić information content (AvgIpc) is 3.15. The highest BCUT2D eigenvalue weighted by molar-refractivity contribution is 7.99. The Bertz CT molecular complexity index is 1270. The number of nitrogens with two attached hydrogens (primary N) is 2. The normalized spacial score (nSPS) is 21.1. The smallest absolute Gasteiger partial charge is 0.158 e. The molecular weight excluding hydrogens is 482 g/mol. The molecule has 1 spiro atoms. The highest BCUT2D eigenvalue weighted by Crippen LogP contribution is 2.42. The van der Waals surface area contributed by atoms with Crippen LogP contribution in [0.5, 0.6) is 0 Å². The van der Waals surface area contributed by atoms with E-state index in [4.69, 9.17) is 27.8 Å². The Morgan fingerprint density at radius 1 is 1.14 bits per heavy atom. The minimum absolute atomic E-state index is 0.0563. The Morgan fingerprint density at radius 2 is 1.91 bits per heavy atom. The van der Waals surface area contributed by atoms with Crippen molar-refractivity contribution in [1.82, 2.24) is 19.9 Å². The summed E-state index contributed by atoms with van der Waals surface area (Å²) in [7, 11) is 0. The molecule has 0 aromatic carbocycles. The zero-order valence-electron chi connectivity index (χ0n) is 19.3. The molecular formula is C25H26ClN7OS. The van der Waals surface area contributed by atoms with Crippen molar-refractivity contribution in [2.75, 3.05) is 30.3 Å².